The highest BCUT2D eigenvalue weighted by molar-refractivity contribution is 6.47. The molecule has 1 aliphatic heterocycles. The highest BCUT2D eigenvalue weighted by atomic mass is 16.5. The van der Waals surface area contributed by atoms with E-state index in [4.69, 9.17) is 0 Å². The lowest BCUT2D eigenvalue weighted by Gasteiger charge is -2.18. The van der Waals surface area contributed by atoms with Gasteiger partial charge in [0.25, 0.3) is 11.7 Å². The number of carbonyl (C=O) groups is 3. The Balaban J connectivity index is 3.13. The standard InChI is InChI=1S/C9H12N2O4/c1-5-9(2,6(12)7(13)15-4)8(14)11(3)10-5/h1-4H3. The maximum Gasteiger partial charge on any atom is 0.375 e. The van der Waals surface area contributed by atoms with E-state index in [1.807, 2.05) is 0 Å². The monoisotopic (exact) mass is 212 g/mol. The minimum atomic E-state index is -1.51. The number of esters is 1. The van der Waals surface area contributed by atoms with Crippen LogP contribution in [0.3, 0.4) is 0 Å². The maximum absolute atomic E-state index is 11.7. The van der Waals surface area contributed by atoms with E-state index >= 15 is 0 Å². The predicted molar refractivity (Wildman–Crippen MR) is 51.0 cm³/mol. The fraction of sp³-hybridized carbons (Fsp3) is 0.556. The van der Waals surface area contributed by atoms with Crippen molar-refractivity contribution in [2.24, 2.45) is 10.5 Å². The number of Topliss-reactive ketones (excluding diaryl/α,β-unsaturated/α-hetero) is 1. The smallest absolute Gasteiger partial charge is 0.375 e. The van der Waals surface area contributed by atoms with Crippen LogP contribution in [-0.4, -0.2) is 42.5 Å². The molecule has 1 heterocycles. The number of nitrogens with zero attached hydrogens (tertiary/aromatic N) is 2. The van der Waals surface area contributed by atoms with E-state index in [2.05, 4.69) is 9.84 Å². The molecule has 6 heteroatoms. The van der Waals surface area contributed by atoms with Crippen LogP contribution in [0, 0.1) is 5.41 Å². The van der Waals surface area contributed by atoms with Gasteiger partial charge in [0.2, 0.25) is 0 Å². The van der Waals surface area contributed by atoms with Crippen LogP contribution in [0.5, 0.6) is 0 Å². The predicted octanol–water partition coefficient (Wildman–Crippen LogP) is -0.417. The maximum atomic E-state index is 11.7. The third-order valence-electron chi connectivity index (χ3n) is 2.57. The molecule has 6 nitrogen and oxygen atoms in total. The minimum Gasteiger partial charge on any atom is -0.463 e. The quantitative estimate of drug-likeness (QED) is 0.354. The summed E-state index contributed by atoms with van der Waals surface area (Å²) in [5, 5.41) is 4.88. The van der Waals surface area contributed by atoms with Crippen molar-refractivity contribution in [3.05, 3.63) is 0 Å². The van der Waals surface area contributed by atoms with Gasteiger partial charge in [-0.1, -0.05) is 0 Å². The first-order valence-electron chi connectivity index (χ1n) is 4.32. The minimum absolute atomic E-state index is 0.297. The molecule has 0 fully saturated rings. The number of methoxy groups -OCH3 is 1. The molecule has 1 rings (SSSR count). The summed E-state index contributed by atoms with van der Waals surface area (Å²) >= 11 is 0. The molecule has 1 unspecified atom stereocenters. The molecule has 0 saturated heterocycles. The zero-order valence-electron chi connectivity index (χ0n) is 9.03. The molecule has 0 aromatic carbocycles. The summed E-state index contributed by atoms with van der Waals surface area (Å²) in [6.45, 7) is 2.90. The van der Waals surface area contributed by atoms with Crippen LogP contribution < -0.4 is 0 Å². The molecule has 0 aromatic rings. The lowest BCUT2D eigenvalue weighted by molar-refractivity contribution is -0.157. The van der Waals surface area contributed by atoms with Gasteiger partial charge in [-0.2, -0.15) is 5.10 Å². The Kier molecular flexibility index (Phi) is 2.61. The van der Waals surface area contributed by atoms with Crippen molar-refractivity contribution in [3.8, 4) is 0 Å². The molecule has 0 spiro atoms. The molecule has 1 amide bonds. The van der Waals surface area contributed by atoms with Gasteiger partial charge in [0.15, 0.2) is 5.41 Å². The van der Waals surface area contributed by atoms with Gasteiger partial charge in [-0.05, 0) is 13.8 Å². The first kappa shape index (κ1) is 11.4. The molecule has 1 aliphatic rings. The average Bonchev–Trinajstić information content (AvgIpc) is 2.41. The summed E-state index contributed by atoms with van der Waals surface area (Å²) in [5.74, 6) is -2.44. The Hall–Kier alpha value is -1.72. The molecule has 82 valence electrons. The second kappa shape index (κ2) is 3.45. The highest BCUT2D eigenvalue weighted by Gasteiger charge is 2.53. The summed E-state index contributed by atoms with van der Waals surface area (Å²) < 4.78 is 4.31. The van der Waals surface area contributed by atoms with Crippen molar-refractivity contribution in [2.75, 3.05) is 14.2 Å². The van der Waals surface area contributed by atoms with Crippen LogP contribution in [0.2, 0.25) is 0 Å². The fourth-order valence-electron chi connectivity index (χ4n) is 1.41. The van der Waals surface area contributed by atoms with Crippen molar-refractivity contribution < 1.29 is 19.1 Å². The van der Waals surface area contributed by atoms with Crippen LogP contribution in [0.15, 0.2) is 5.10 Å². The lowest BCUT2D eigenvalue weighted by Crippen LogP contribution is -2.46. The van der Waals surface area contributed by atoms with Gasteiger partial charge < -0.3 is 4.74 Å². The Morgan fingerprint density at radius 1 is 1.47 bits per heavy atom. The normalized spacial score (nSPS) is 25.2. The molecule has 15 heavy (non-hydrogen) atoms. The van der Waals surface area contributed by atoms with Gasteiger partial charge in [-0.25, -0.2) is 9.80 Å². The molecule has 0 N–H and O–H groups in total. The van der Waals surface area contributed by atoms with Gasteiger partial charge in [0.05, 0.1) is 12.8 Å². The molecule has 0 saturated carbocycles. The number of hydrazone groups is 1. The first-order valence-corrected chi connectivity index (χ1v) is 4.32. The highest BCUT2D eigenvalue weighted by Crippen LogP contribution is 2.29. The fourth-order valence-corrected chi connectivity index (χ4v) is 1.41. The van der Waals surface area contributed by atoms with E-state index < -0.39 is 23.1 Å². The molecule has 0 radical (unpaired) electrons. The molecule has 1 atom stereocenters. The number of hydrogen-bond donors (Lipinski definition) is 0. The third kappa shape index (κ3) is 1.42. The number of amides is 1. The van der Waals surface area contributed by atoms with Crippen LogP contribution in [0.4, 0.5) is 0 Å². The van der Waals surface area contributed by atoms with Crippen LogP contribution >= 0.6 is 0 Å². The first-order chi connectivity index (χ1) is 6.85. The van der Waals surface area contributed by atoms with E-state index in [1.54, 1.807) is 0 Å². The Morgan fingerprint density at radius 3 is 2.33 bits per heavy atom. The van der Waals surface area contributed by atoms with E-state index in [0.717, 1.165) is 12.1 Å². The lowest BCUT2D eigenvalue weighted by atomic mass is 9.81. The van der Waals surface area contributed by atoms with E-state index in [9.17, 15) is 14.4 Å². The Morgan fingerprint density at radius 2 is 2.00 bits per heavy atom. The van der Waals surface area contributed by atoms with Crippen molar-refractivity contribution in [2.45, 2.75) is 13.8 Å². The SMILES string of the molecule is COC(=O)C(=O)C1(C)C(=O)N(C)N=C1C. The number of hydrogen-bond acceptors (Lipinski definition) is 5. The van der Waals surface area contributed by atoms with Gasteiger partial charge in [0.1, 0.15) is 0 Å². The molecular formula is C9H12N2O4. The summed E-state index contributed by atoms with van der Waals surface area (Å²) in [6.07, 6.45) is 0. The van der Waals surface area contributed by atoms with Gasteiger partial charge in [0, 0.05) is 7.05 Å². The van der Waals surface area contributed by atoms with Gasteiger partial charge in [-0.15, -0.1) is 0 Å². The largest absolute Gasteiger partial charge is 0.463 e. The van der Waals surface area contributed by atoms with Crippen molar-refractivity contribution in [3.63, 3.8) is 0 Å². The summed E-state index contributed by atoms with van der Waals surface area (Å²) in [5.41, 5.74) is -1.22. The van der Waals surface area contributed by atoms with Crippen molar-refractivity contribution >= 4 is 23.4 Å². The summed E-state index contributed by atoms with van der Waals surface area (Å²) in [7, 11) is 2.53. The summed E-state index contributed by atoms with van der Waals surface area (Å²) in [6, 6.07) is 0. The number of rotatable bonds is 2. The summed E-state index contributed by atoms with van der Waals surface area (Å²) in [4.78, 5) is 34.4. The van der Waals surface area contributed by atoms with Gasteiger partial charge >= 0.3 is 5.97 Å². The van der Waals surface area contributed by atoms with E-state index in [-0.39, 0.29) is 0 Å². The van der Waals surface area contributed by atoms with E-state index in [0.29, 0.717) is 5.71 Å². The molecule has 0 bridgehead atoms. The number of ketones is 1. The topological polar surface area (TPSA) is 76.0 Å². The molecular weight excluding hydrogens is 200 g/mol. The number of ether oxygens (including phenoxy) is 1. The molecule has 0 aliphatic carbocycles. The zero-order valence-corrected chi connectivity index (χ0v) is 9.03. The van der Waals surface area contributed by atoms with E-state index in [1.165, 1.54) is 20.9 Å². The van der Waals surface area contributed by atoms with Crippen molar-refractivity contribution in [1.29, 1.82) is 0 Å². The van der Waals surface area contributed by atoms with Crippen molar-refractivity contribution in [1.82, 2.24) is 5.01 Å². The van der Waals surface area contributed by atoms with Crippen LogP contribution in [0.25, 0.3) is 0 Å². The molecule has 0 aromatic heterocycles. The average molecular weight is 212 g/mol. The van der Waals surface area contributed by atoms with Crippen LogP contribution in [0.1, 0.15) is 13.8 Å². The zero-order chi connectivity index (χ0) is 11.8. The van der Waals surface area contributed by atoms with Crippen LogP contribution in [-0.2, 0) is 19.1 Å². The second-order valence-corrected chi connectivity index (χ2v) is 3.46. The third-order valence-corrected chi connectivity index (χ3v) is 2.57. The Labute approximate surface area is 86.9 Å². The second-order valence-electron chi connectivity index (χ2n) is 3.46. The number of carbonyl (C=O) groups excluding carboxylic acids is 3. The van der Waals surface area contributed by atoms with Gasteiger partial charge in [-0.3, -0.25) is 9.59 Å². The Bertz CT molecular complexity index is 374.